The van der Waals surface area contributed by atoms with Crippen LogP contribution in [0, 0.1) is 5.92 Å². The Labute approximate surface area is 745 Å². The van der Waals surface area contributed by atoms with Crippen molar-refractivity contribution in [1.29, 1.82) is 0 Å². The number of rotatable bonds is 50. The Hall–Kier alpha value is -13.7. The lowest BCUT2D eigenvalue weighted by Gasteiger charge is -2.31. The number of anilines is 6. The largest absolute Gasteiger partial charge is 0.394 e. The zero-order valence-electron chi connectivity index (χ0n) is 72.4. The maximum absolute atomic E-state index is 15.7. The second kappa shape index (κ2) is 49.3. The number of H-pyrrole nitrogens is 2. The van der Waals surface area contributed by atoms with Gasteiger partial charge in [-0.05, 0) is 152 Å². The number of aromatic nitrogens is 7. The number of nitrogen functional groups attached to an aromatic ring is 2. The average molecular weight is 1780 g/mol. The number of nitrogens with zero attached hydrogens (tertiary/aromatic N) is 6. The summed E-state index contributed by atoms with van der Waals surface area (Å²) < 4.78 is 0. The summed E-state index contributed by atoms with van der Waals surface area (Å²) in [4.78, 5) is 200. The highest BCUT2D eigenvalue weighted by atomic mass is 35.5. The van der Waals surface area contributed by atoms with Crippen LogP contribution < -0.4 is 91.6 Å². The third kappa shape index (κ3) is 32.1. The summed E-state index contributed by atoms with van der Waals surface area (Å²) in [6.45, 7) is 10.5. The van der Waals surface area contributed by atoms with Crippen molar-refractivity contribution in [3.8, 4) is 0 Å². The van der Waals surface area contributed by atoms with Gasteiger partial charge in [0.1, 0.15) is 60.4 Å². The predicted molar refractivity (Wildman–Crippen MR) is 482 cm³/mol. The van der Waals surface area contributed by atoms with Crippen molar-refractivity contribution in [3.05, 3.63) is 173 Å². The second-order valence-corrected chi connectivity index (χ2v) is 32.7. The normalized spacial score (nSPS) is 14.5. The molecule has 1 aliphatic rings. The highest BCUT2D eigenvalue weighted by Crippen LogP contribution is 2.24. The Morgan fingerprint density at radius 1 is 0.500 bits per heavy atom. The van der Waals surface area contributed by atoms with Gasteiger partial charge in [-0.3, -0.25) is 67.3 Å². The Kier molecular flexibility index (Phi) is 37.8. The summed E-state index contributed by atoms with van der Waals surface area (Å²) in [6, 6.07) is 21.4. The van der Waals surface area contributed by atoms with E-state index in [0.29, 0.717) is 108 Å². The van der Waals surface area contributed by atoms with Crippen LogP contribution in [0.25, 0.3) is 10.8 Å². The van der Waals surface area contributed by atoms with Crippen molar-refractivity contribution in [1.82, 2.24) is 93.4 Å². The molecule has 128 heavy (non-hydrogen) atoms. The Bertz CT molecular complexity index is 5080. The van der Waals surface area contributed by atoms with Crippen LogP contribution in [-0.4, -0.2) is 221 Å². The van der Waals surface area contributed by atoms with Crippen LogP contribution >= 0.6 is 11.6 Å². The van der Waals surface area contributed by atoms with Gasteiger partial charge in [0.15, 0.2) is 0 Å². The van der Waals surface area contributed by atoms with E-state index in [2.05, 4.69) is 110 Å². The minimum absolute atomic E-state index is 0.0106. The van der Waals surface area contributed by atoms with Crippen LogP contribution in [0.2, 0.25) is 5.02 Å². The molecule has 3 aromatic heterocycles. The van der Waals surface area contributed by atoms with Gasteiger partial charge in [0, 0.05) is 106 Å². The summed E-state index contributed by atoms with van der Waals surface area (Å²) in [6.07, 6.45) is 4.50. The third-order valence-corrected chi connectivity index (χ3v) is 21.2. The van der Waals surface area contributed by atoms with Crippen LogP contribution in [0.3, 0.4) is 0 Å². The number of hydrogen-bond donors (Lipinski definition) is 20. The number of carbonyl (C=O) groups is 13. The first-order valence-electron chi connectivity index (χ1n) is 42.7. The third-order valence-electron chi connectivity index (χ3n) is 21.0. The molecular formula is C88H116ClN25O14. The number of likely N-dealkylation sites (tertiary alicyclic amines) is 1. The summed E-state index contributed by atoms with van der Waals surface area (Å²) >= 11 is 6.30. The molecule has 8 aromatic rings. The van der Waals surface area contributed by atoms with Crippen molar-refractivity contribution in [2.24, 2.45) is 11.7 Å². The van der Waals surface area contributed by atoms with Crippen molar-refractivity contribution in [3.63, 3.8) is 0 Å². The molecule has 1 saturated heterocycles. The molecule has 1 aliphatic heterocycles. The number of nitrogens with two attached hydrogens (primary N) is 3. The number of primary amides is 1. The smallest absolute Gasteiger partial charge is 0.245 e. The first-order valence-corrected chi connectivity index (χ1v) is 43.1. The molecule has 10 atom stereocenters. The number of halogens is 1. The highest BCUT2D eigenvalue weighted by Gasteiger charge is 2.41. The molecule has 1 fully saturated rings. The number of hydrogen-bond acceptors (Lipinski definition) is 24. The van der Waals surface area contributed by atoms with Crippen molar-refractivity contribution in [2.75, 3.05) is 65.5 Å². The first-order chi connectivity index (χ1) is 61.3. The topological polar surface area (TPSA) is 588 Å². The van der Waals surface area contributed by atoms with Crippen molar-refractivity contribution < 1.29 is 67.4 Å². The standard InChI is InChI=1S/C88H116ClN25O14/c1-50(2)41-65(76(120)101-64(18-9-10-37-94-51(3)4)84(128)114-40-14-19-72(114)83(127)97-52(5)75(90)119)102-78(122)68(44-55-25-32-62(33-26-55)99-73(117)20-12-38-95-87-108-85(91)110-112-87)104-80(124)69(45-56-27-34-63(35-28-56)100-74(118)21-13-39-96-88-109-86(92)111-113-88)106-82(126)71(49-115)107-81(125)70(47-58-15-11-36-93-48-58)105-79(123)67(43-54-23-30-61(89)31-24-54)103-77(121)66(98-53(6)116)46-57-22-29-59-16-7-8-17-60(59)42-57/h7-8,11,15-17,22-36,42,48,50-52,64-72,94,115H,9-10,12-14,18-21,37-41,43-47,49H2,1-6H3,(H2,90,119)(H,97,127)(H,98,116)(H,99,117)(H,100,118)(H,101,120)(H,102,122)(H,103,121)(H,104,124)(H,105,123)(H,106,126)(H,107,125)(H4,91,95,108,110,112)(H4,92,96,109,111,113)/t52-,64+,65+,66-,67-,68-,69+,70-,71+,72+/m1/s1. The summed E-state index contributed by atoms with van der Waals surface area (Å²) in [5.74, 6) is -9.31. The molecule has 0 unspecified atom stereocenters. The van der Waals surface area contributed by atoms with Gasteiger partial charge in [-0.25, -0.2) is 10.2 Å². The summed E-state index contributed by atoms with van der Waals surface area (Å²) in [5.41, 5.74) is 19.9. The predicted octanol–water partition coefficient (Wildman–Crippen LogP) is 2.55. The lowest BCUT2D eigenvalue weighted by Crippen LogP contribution is -2.62. The zero-order chi connectivity index (χ0) is 92.3. The van der Waals surface area contributed by atoms with E-state index in [4.69, 9.17) is 28.8 Å². The Balaban J connectivity index is 1.01. The molecule has 39 nitrogen and oxygen atoms in total. The van der Waals surface area contributed by atoms with E-state index in [0.717, 1.165) is 10.8 Å². The molecule has 0 bridgehead atoms. The lowest BCUT2D eigenvalue weighted by molar-refractivity contribution is -0.142. The molecule has 0 saturated carbocycles. The average Bonchev–Trinajstić information content (AvgIpc) is 1.85. The van der Waals surface area contributed by atoms with Gasteiger partial charge in [-0.1, -0.05) is 124 Å². The fourth-order valence-corrected chi connectivity index (χ4v) is 14.4. The van der Waals surface area contributed by atoms with Crippen LogP contribution in [0.1, 0.15) is 134 Å². The van der Waals surface area contributed by atoms with Gasteiger partial charge >= 0.3 is 0 Å². The van der Waals surface area contributed by atoms with E-state index in [9.17, 15) is 38.7 Å². The minimum Gasteiger partial charge on any atom is -0.394 e. The molecule has 4 heterocycles. The van der Waals surface area contributed by atoms with Gasteiger partial charge in [0.05, 0.1) is 6.61 Å². The zero-order valence-corrected chi connectivity index (χ0v) is 73.2. The van der Waals surface area contributed by atoms with Crippen molar-refractivity contribution >= 4 is 134 Å². The Morgan fingerprint density at radius 3 is 1.42 bits per heavy atom. The van der Waals surface area contributed by atoms with E-state index in [-0.39, 0.29) is 106 Å². The maximum atomic E-state index is 15.7. The number of carbonyl (C=O) groups excluding carboxylic acids is 13. The van der Waals surface area contributed by atoms with E-state index >= 15 is 28.8 Å². The number of aliphatic hydroxyl groups excluding tert-OH is 1. The maximum Gasteiger partial charge on any atom is 0.245 e. The number of aromatic amines is 2. The number of amides is 13. The Morgan fingerprint density at radius 2 is 0.953 bits per heavy atom. The number of benzene rings is 5. The molecule has 40 heteroatoms. The van der Waals surface area contributed by atoms with Gasteiger partial charge in [0.25, 0.3) is 0 Å². The number of pyridine rings is 1. The van der Waals surface area contributed by atoms with Gasteiger partial charge < -0.3 is 102 Å². The molecular weight excluding hydrogens is 1670 g/mol. The highest BCUT2D eigenvalue weighted by molar-refractivity contribution is 6.30. The van der Waals surface area contributed by atoms with E-state index < -0.39 is 132 Å². The molecule has 0 aliphatic carbocycles. The van der Waals surface area contributed by atoms with E-state index in [1.807, 2.05) is 56.3 Å². The van der Waals surface area contributed by atoms with Gasteiger partial charge in [-0.2, -0.15) is 9.97 Å². The van der Waals surface area contributed by atoms with Gasteiger partial charge in [-0.15, -0.1) is 10.2 Å². The number of unbranched alkanes of at least 4 members (excludes halogenated alkanes) is 1. The molecule has 0 radical (unpaired) electrons. The number of nitrogens with one attached hydrogen (secondary N) is 16. The quantitative estimate of drug-likeness (QED) is 0.0244. The monoisotopic (exact) mass is 1780 g/mol. The summed E-state index contributed by atoms with van der Waals surface area (Å²) in [7, 11) is 0. The van der Waals surface area contributed by atoms with Crippen LogP contribution in [0.5, 0.6) is 0 Å². The van der Waals surface area contributed by atoms with E-state index in [1.54, 1.807) is 98.8 Å². The first kappa shape index (κ1) is 98.1. The fourth-order valence-electron chi connectivity index (χ4n) is 14.3. The molecule has 0 spiro atoms. The van der Waals surface area contributed by atoms with Crippen LogP contribution in [0.15, 0.2) is 140 Å². The minimum atomic E-state index is -1.90. The number of aliphatic hydroxyl groups is 1. The van der Waals surface area contributed by atoms with Crippen molar-refractivity contribution in [2.45, 2.75) is 204 Å². The fraction of sp³-hybridized carbons (Fsp3) is 0.432. The molecule has 5 aromatic carbocycles. The molecule has 684 valence electrons. The van der Waals surface area contributed by atoms with Gasteiger partial charge in [0.2, 0.25) is 101 Å². The SMILES string of the molecule is CC(=O)N[C@H](Cc1ccc2ccccc2c1)C(=O)N[C@H](Cc1ccc(Cl)cc1)C(=O)N[C@H](Cc1cccnc1)C(=O)N[C@@H](CO)C(=O)N[C@@H](Cc1ccc(NC(=O)CCCNc2nc(N)n[nH]2)cc1)C(=O)N[C@H](Cc1ccc(NC(=O)CCCNc2nc(N)n[nH]2)cc1)C(=O)N[C@@H](CC(C)C)C(=O)N[C@@H](CCCCNC(C)C)C(=O)N1CCC[C@H]1C(=O)N[C@H](C)C(N)=O. The molecule has 9 rings (SSSR count). The lowest BCUT2D eigenvalue weighted by atomic mass is 9.99. The molecule has 13 amide bonds. The second-order valence-electron chi connectivity index (χ2n) is 32.2. The summed E-state index contributed by atoms with van der Waals surface area (Å²) in [5, 5.41) is 65.9. The van der Waals surface area contributed by atoms with Crippen LogP contribution in [0.4, 0.5) is 35.2 Å². The molecule has 23 N–H and O–H groups in total. The number of fused-ring (bicyclic) bond motifs is 1. The van der Waals surface area contributed by atoms with Crippen LogP contribution in [-0.2, 0) is 94.4 Å². The van der Waals surface area contributed by atoms with E-state index in [1.165, 1.54) is 31.1 Å².